The van der Waals surface area contributed by atoms with Gasteiger partial charge in [0.15, 0.2) is 0 Å². The Balaban J connectivity index is 0.000000280. The standard InChI is InChI=1S/C6H6.C4H12N2O2S/c1-2-4-6-5-3-1;1-2-3-4-6-9(5,7)8/h1-6H;6H,2-4H2,1H3,(H2,5,7,8). The first kappa shape index (κ1) is 14.1. The normalized spacial score (nSPS) is 10.3. The fraction of sp³-hybridized carbons (Fsp3) is 0.400. The van der Waals surface area contributed by atoms with Crippen molar-refractivity contribution in [2.75, 3.05) is 6.54 Å². The van der Waals surface area contributed by atoms with Crippen molar-refractivity contribution in [1.82, 2.24) is 4.72 Å². The smallest absolute Gasteiger partial charge is 0.216 e. The van der Waals surface area contributed by atoms with Crippen LogP contribution in [-0.2, 0) is 10.2 Å². The molecule has 15 heavy (non-hydrogen) atoms. The maximum Gasteiger partial charge on any atom is 0.274 e. The maximum atomic E-state index is 10.2. The van der Waals surface area contributed by atoms with E-state index in [1.165, 1.54) is 0 Å². The SMILES string of the molecule is CCCCNS(N)(=O)=O.c1ccccc1. The van der Waals surface area contributed by atoms with Crippen LogP contribution in [0.2, 0.25) is 0 Å². The molecular weight excluding hydrogens is 212 g/mol. The summed E-state index contributed by atoms with van der Waals surface area (Å²) in [5.74, 6) is 0. The number of nitrogens with one attached hydrogen (secondary N) is 1. The van der Waals surface area contributed by atoms with Gasteiger partial charge in [-0.15, -0.1) is 0 Å². The van der Waals surface area contributed by atoms with Gasteiger partial charge in [0, 0.05) is 6.54 Å². The third-order valence-corrected chi connectivity index (χ3v) is 2.11. The van der Waals surface area contributed by atoms with E-state index in [4.69, 9.17) is 0 Å². The summed E-state index contributed by atoms with van der Waals surface area (Å²) in [5, 5.41) is 4.64. The molecule has 0 heterocycles. The molecular formula is C10H18N2O2S. The summed E-state index contributed by atoms with van der Waals surface area (Å²) in [6.07, 6.45) is 1.79. The average Bonchev–Trinajstić information content (AvgIpc) is 2.20. The first-order chi connectivity index (χ1) is 7.06. The highest BCUT2D eigenvalue weighted by molar-refractivity contribution is 7.87. The lowest BCUT2D eigenvalue weighted by Crippen LogP contribution is -2.31. The van der Waals surface area contributed by atoms with Crippen molar-refractivity contribution in [3.8, 4) is 0 Å². The Morgan fingerprint density at radius 1 is 1.07 bits per heavy atom. The summed E-state index contributed by atoms with van der Waals surface area (Å²) in [7, 11) is -3.45. The van der Waals surface area contributed by atoms with Gasteiger partial charge >= 0.3 is 0 Å². The number of hydrogen-bond acceptors (Lipinski definition) is 2. The summed E-state index contributed by atoms with van der Waals surface area (Å²) in [6.45, 7) is 2.42. The van der Waals surface area contributed by atoms with E-state index in [0.29, 0.717) is 6.54 Å². The van der Waals surface area contributed by atoms with E-state index in [1.54, 1.807) is 0 Å². The van der Waals surface area contributed by atoms with Gasteiger partial charge in [-0.05, 0) is 6.42 Å². The highest BCUT2D eigenvalue weighted by Gasteiger charge is 1.96. The predicted molar refractivity (Wildman–Crippen MR) is 62.5 cm³/mol. The second-order valence-corrected chi connectivity index (χ2v) is 4.33. The molecule has 0 fully saturated rings. The van der Waals surface area contributed by atoms with Gasteiger partial charge in [0.2, 0.25) is 0 Å². The van der Waals surface area contributed by atoms with Crippen LogP contribution in [0.15, 0.2) is 36.4 Å². The van der Waals surface area contributed by atoms with E-state index in [0.717, 1.165) is 12.8 Å². The molecule has 0 radical (unpaired) electrons. The minimum absolute atomic E-state index is 0.440. The van der Waals surface area contributed by atoms with Gasteiger partial charge < -0.3 is 0 Å². The third kappa shape index (κ3) is 13.1. The molecule has 0 aliphatic heterocycles. The topological polar surface area (TPSA) is 72.2 Å². The summed E-state index contributed by atoms with van der Waals surface area (Å²) < 4.78 is 22.5. The number of hydrogen-bond donors (Lipinski definition) is 2. The van der Waals surface area contributed by atoms with Crippen LogP contribution in [0, 0.1) is 0 Å². The van der Waals surface area contributed by atoms with Crippen molar-refractivity contribution >= 4 is 10.2 Å². The zero-order chi connectivity index (χ0) is 11.6. The van der Waals surface area contributed by atoms with E-state index in [2.05, 4.69) is 9.86 Å². The molecule has 3 N–H and O–H groups in total. The summed E-state index contributed by atoms with van der Waals surface area (Å²) >= 11 is 0. The van der Waals surface area contributed by atoms with Crippen molar-refractivity contribution in [3.63, 3.8) is 0 Å². The molecule has 1 rings (SSSR count). The minimum atomic E-state index is -3.45. The second kappa shape index (κ2) is 8.40. The van der Waals surface area contributed by atoms with E-state index in [9.17, 15) is 8.42 Å². The molecule has 4 nitrogen and oxygen atoms in total. The van der Waals surface area contributed by atoms with E-state index >= 15 is 0 Å². The van der Waals surface area contributed by atoms with E-state index < -0.39 is 10.2 Å². The number of rotatable bonds is 4. The highest BCUT2D eigenvalue weighted by Crippen LogP contribution is 1.82. The zero-order valence-electron chi connectivity index (χ0n) is 8.89. The maximum absolute atomic E-state index is 10.2. The first-order valence-corrected chi connectivity index (χ1v) is 6.38. The number of nitrogens with two attached hydrogens (primary N) is 1. The zero-order valence-corrected chi connectivity index (χ0v) is 9.70. The van der Waals surface area contributed by atoms with Crippen molar-refractivity contribution in [2.45, 2.75) is 19.8 Å². The van der Waals surface area contributed by atoms with Gasteiger partial charge in [-0.1, -0.05) is 49.7 Å². The Hall–Kier alpha value is -0.910. The molecule has 0 amide bonds. The molecule has 0 atom stereocenters. The molecule has 1 aromatic rings. The Bertz CT molecular complexity index is 298. The molecule has 0 saturated heterocycles. The number of unbranched alkanes of at least 4 members (excludes halogenated alkanes) is 1. The monoisotopic (exact) mass is 230 g/mol. The van der Waals surface area contributed by atoms with Gasteiger partial charge in [-0.3, -0.25) is 0 Å². The van der Waals surface area contributed by atoms with Gasteiger partial charge in [-0.25, -0.2) is 9.86 Å². The fourth-order valence-electron chi connectivity index (χ4n) is 0.776. The van der Waals surface area contributed by atoms with Gasteiger partial charge in [0.05, 0.1) is 0 Å². The molecule has 1 aromatic carbocycles. The molecule has 0 bridgehead atoms. The predicted octanol–water partition coefficient (Wildman–Crippen LogP) is 1.27. The van der Waals surface area contributed by atoms with E-state index in [-0.39, 0.29) is 0 Å². The van der Waals surface area contributed by atoms with Crippen molar-refractivity contribution in [2.24, 2.45) is 5.14 Å². The lowest BCUT2D eigenvalue weighted by atomic mass is 10.3. The van der Waals surface area contributed by atoms with Crippen LogP contribution in [0.1, 0.15) is 19.8 Å². The van der Waals surface area contributed by atoms with Crippen LogP contribution in [0.5, 0.6) is 0 Å². The molecule has 0 aliphatic carbocycles. The van der Waals surface area contributed by atoms with Crippen LogP contribution in [0.25, 0.3) is 0 Å². The molecule has 0 aromatic heterocycles. The molecule has 5 heteroatoms. The van der Waals surface area contributed by atoms with Crippen molar-refractivity contribution < 1.29 is 8.42 Å². The van der Waals surface area contributed by atoms with E-state index in [1.807, 2.05) is 43.3 Å². The van der Waals surface area contributed by atoms with Crippen LogP contribution >= 0.6 is 0 Å². The van der Waals surface area contributed by atoms with Crippen LogP contribution in [-0.4, -0.2) is 15.0 Å². The largest absolute Gasteiger partial charge is 0.274 e. The molecule has 0 spiro atoms. The lowest BCUT2D eigenvalue weighted by molar-refractivity contribution is 0.580. The lowest BCUT2D eigenvalue weighted by Gasteiger charge is -1.97. The average molecular weight is 230 g/mol. The first-order valence-electron chi connectivity index (χ1n) is 4.83. The molecule has 86 valence electrons. The summed E-state index contributed by atoms with van der Waals surface area (Å²) in [5.41, 5.74) is 0. The molecule has 0 saturated carbocycles. The Labute approximate surface area is 91.7 Å². The molecule has 0 unspecified atom stereocenters. The number of benzene rings is 1. The fourth-order valence-corrected chi connectivity index (χ4v) is 1.20. The quantitative estimate of drug-likeness (QED) is 0.764. The molecule has 0 aliphatic rings. The Morgan fingerprint density at radius 2 is 1.47 bits per heavy atom. The Kier molecular flexibility index (Phi) is 7.89. The second-order valence-electron chi connectivity index (χ2n) is 2.95. The highest BCUT2D eigenvalue weighted by atomic mass is 32.2. The summed E-state index contributed by atoms with van der Waals surface area (Å²) in [4.78, 5) is 0. The minimum Gasteiger partial charge on any atom is -0.216 e. The van der Waals surface area contributed by atoms with Crippen LogP contribution in [0.4, 0.5) is 0 Å². The van der Waals surface area contributed by atoms with Gasteiger partial charge in [-0.2, -0.15) is 8.42 Å². The van der Waals surface area contributed by atoms with Crippen molar-refractivity contribution in [3.05, 3.63) is 36.4 Å². The van der Waals surface area contributed by atoms with Gasteiger partial charge in [0.25, 0.3) is 10.2 Å². The van der Waals surface area contributed by atoms with Crippen LogP contribution in [0.3, 0.4) is 0 Å². The van der Waals surface area contributed by atoms with Gasteiger partial charge in [0.1, 0.15) is 0 Å². The summed E-state index contributed by atoms with van der Waals surface area (Å²) in [6, 6.07) is 12.0. The third-order valence-electron chi connectivity index (χ3n) is 1.50. The van der Waals surface area contributed by atoms with Crippen LogP contribution < -0.4 is 9.86 Å². The van der Waals surface area contributed by atoms with Crippen molar-refractivity contribution in [1.29, 1.82) is 0 Å². The Morgan fingerprint density at radius 3 is 1.73 bits per heavy atom.